The van der Waals surface area contributed by atoms with E-state index < -0.39 is 5.97 Å². The average Bonchev–Trinajstić information content (AvgIpc) is 3.07. The maximum atomic E-state index is 11.5. The number of anilines is 1. The molecule has 0 amide bonds. The van der Waals surface area contributed by atoms with Crippen molar-refractivity contribution in [3.63, 3.8) is 0 Å². The first kappa shape index (κ1) is 14.7. The molecule has 0 radical (unpaired) electrons. The van der Waals surface area contributed by atoms with Gasteiger partial charge in [0.25, 0.3) is 0 Å². The van der Waals surface area contributed by atoms with Crippen LogP contribution in [0.15, 0.2) is 6.07 Å². The zero-order valence-corrected chi connectivity index (χ0v) is 13.2. The largest absolute Gasteiger partial charge is 0.478 e. The summed E-state index contributed by atoms with van der Waals surface area (Å²) in [4.78, 5) is 16.1. The molecule has 3 rings (SSSR count). The van der Waals surface area contributed by atoms with E-state index in [1.165, 1.54) is 6.42 Å². The van der Waals surface area contributed by atoms with Crippen LogP contribution in [0.25, 0.3) is 0 Å². The van der Waals surface area contributed by atoms with Crippen LogP contribution in [0.3, 0.4) is 0 Å². The molecule has 2 aliphatic rings. The maximum Gasteiger partial charge on any atom is 0.339 e. The second kappa shape index (κ2) is 6.26. The molecule has 2 unspecified atom stereocenters. The normalized spacial score (nSPS) is 24.0. The summed E-state index contributed by atoms with van der Waals surface area (Å²) in [5.74, 6) is 0.849. The van der Waals surface area contributed by atoms with Gasteiger partial charge in [-0.05, 0) is 55.9 Å². The Bertz CT molecular complexity index is 547. The first-order chi connectivity index (χ1) is 10.2. The Morgan fingerprint density at radius 3 is 3.10 bits per heavy atom. The van der Waals surface area contributed by atoms with E-state index >= 15 is 0 Å². The summed E-state index contributed by atoms with van der Waals surface area (Å²) in [5.41, 5.74) is 2.53. The second-order valence-electron chi connectivity index (χ2n) is 5.88. The first-order valence-electron chi connectivity index (χ1n) is 7.81. The number of fused-ring (bicyclic) bond motifs is 1. The summed E-state index contributed by atoms with van der Waals surface area (Å²) in [7, 11) is 0. The lowest BCUT2D eigenvalue weighted by Crippen LogP contribution is -2.20. The number of aromatic nitrogens is 1. The number of carbonyl (C=O) groups is 1. The number of carboxylic acids is 1. The van der Waals surface area contributed by atoms with Gasteiger partial charge < -0.3 is 10.4 Å². The zero-order valence-electron chi connectivity index (χ0n) is 12.4. The Labute approximate surface area is 129 Å². The van der Waals surface area contributed by atoms with Crippen LogP contribution < -0.4 is 5.32 Å². The number of thioether (sulfide) groups is 1. The number of hydrogen-bond acceptors (Lipinski definition) is 4. The van der Waals surface area contributed by atoms with Crippen LogP contribution in [0.1, 0.15) is 54.2 Å². The number of nitrogens with one attached hydrogen (secondary N) is 1. The molecule has 1 aromatic heterocycles. The molecule has 0 aromatic carbocycles. The van der Waals surface area contributed by atoms with E-state index in [0.29, 0.717) is 22.7 Å². The Morgan fingerprint density at radius 2 is 2.33 bits per heavy atom. The van der Waals surface area contributed by atoms with Crippen LogP contribution in [0.2, 0.25) is 0 Å². The van der Waals surface area contributed by atoms with Crippen LogP contribution in [0, 0.1) is 0 Å². The number of hydrogen-bond donors (Lipinski definition) is 2. The number of aromatic carboxylic acids is 1. The van der Waals surface area contributed by atoms with Crippen molar-refractivity contribution in [3.05, 3.63) is 22.9 Å². The predicted molar refractivity (Wildman–Crippen MR) is 86.4 cm³/mol. The topological polar surface area (TPSA) is 62.2 Å². The average molecular weight is 306 g/mol. The Hall–Kier alpha value is -1.23. The third-order valence-corrected chi connectivity index (χ3v) is 5.64. The van der Waals surface area contributed by atoms with Crippen molar-refractivity contribution in [2.24, 2.45) is 0 Å². The number of pyridine rings is 1. The van der Waals surface area contributed by atoms with Crippen LogP contribution in [0.4, 0.5) is 5.82 Å². The summed E-state index contributed by atoms with van der Waals surface area (Å²) in [6.45, 7) is 2.19. The summed E-state index contributed by atoms with van der Waals surface area (Å²) in [5, 5.41) is 13.5. The Balaban J connectivity index is 1.77. The summed E-state index contributed by atoms with van der Waals surface area (Å²) >= 11 is 2.01. The summed E-state index contributed by atoms with van der Waals surface area (Å²) in [6, 6.07) is 2.19. The lowest BCUT2D eigenvalue weighted by atomic mass is 10.1. The van der Waals surface area contributed by atoms with E-state index in [0.717, 1.165) is 49.1 Å². The molecule has 1 heterocycles. The third-order valence-electron chi connectivity index (χ3n) is 4.41. The standard InChI is InChI=1S/C16H22N2O2S/c1-2-21-12-7-6-11(9-12)17-15-13(16(19)20)8-10-4-3-5-14(10)18-15/h8,11-12H,2-7,9H2,1H3,(H,17,18)(H,19,20). The van der Waals surface area contributed by atoms with Crippen molar-refractivity contribution in [2.45, 2.75) is 56.7 Å². The fourth-order valence-corrected chi connectivity index (χ4v) is 4.54. The van der Waals surface area contributed by atoms with Crippen molar-refractivity contribution in [1.82, 2.24) is 4.98 Å². The summed E-state index contributed by atoms with van der Waals surface area (Å²) < 4.78 is 0. The smallest absolute Gasteiger partial charge is 0.339 e. The number of rotatable bonds is 5. The number of carboxylic acid groups (broad SMARTS) is 1. The molecule has 114 valence electrons. The molecule has 0 spiro atoms. The van der Waals surface area contributed by atoms with E-state index in [9.17, 15) is 9.90 Å². The minimum Gasteiger partial charge on any atom is -0.478 e. The molecule has 2 aliphatic carbocycles. The third kappa shape index (κ3) is 3.18. The maximum absolute atomic E-state index is 11.5. The van der Waals surface area contributed by atoms with Gasteiger partial charge >= 0.3 is 5.97 Å². The van der Waals surface area contributed by atoms with Gasteiger partial charge in [0.15, 0.2) is 0 Å². The van der Waals surface area contributed by atoms with Crippen molar-refractivity contribution in [2.75, 3.05) is 11.1 Å². The molecule has 2 atom stereocenters. The highest BCUT2D eigenvalue weighted by atomic mass is 32.2. The highest BCUT2D eigenvalue weighted by Gasteiger charge is 2.27. The van der Waals surface area contributed by atoms with Gasteiger partial charge in [-0.25, -0.2) is 9.78 Å². The van der Waals surface area contributed by atoms with Gasteiger partial charge in [0.1, 0.15) is 11.4 Å². The van der Waals surface area contributed by atoms with Crippen molar-refractivity contribution >= 4 is 23.5 Å². The highest BCUT2D eigenvalue weighted by molar-refractivity contribution is 7.99. The lowest BCUT2D eigenvalue weighted by molar-refractivity contribution is 0.0697. The van der Waals surface area contributed by atoms with Crippen LogP contribution in [-0.2, 0) is 12.8 Å². The van der Waals surface area contributed by atoms with Gasteiger partial charge in [0, 0.05) is 17.0 Å². The highest BCUT2D eigenvalue weighted by Crippen LogP contribution is 2.33. The minimum absolute atomic E-state index is 0.335. The Kier molecular flexibility index (Phi) is 4.38. The van der Waals surface area contributed by atoms with E-state index in [-0.39, 0.29) is 0 Å². The fraction of sp³-hybridized carbons (Fsp3) is 0.625. The molecule has 21 heavy (non-hydrogen) atoms. The van der Waals surface area contributed by atoms with Gasteiger partial charge in [-0.1, -0.05) is 6.92 Å². The number of aryl methyl sites for hydroxylation is 2. The monoisotopic (exact) mass is 306 g/mol. The lowest BCUT2D eigenvalue weighted by Gasteiger charge is -2.16. The zero-order chi connectivity index (χ0) is 14.8. The molecule has 0 aliphatic heterocycles. The molecular weight excluding hydrogens is 284 g/mol. The molecule has 4 nitrogen and oxygen atoms in total. The molecule has 0 bridgehead atoms. The fourth-order valence-electron chi connectivity index (χ4n) is 3.40. The molecule has 1 fully saturated rings. The molecule has 5 heteroatoms. The van der Waals surface area contributed by atoms with E-state index in [4.69, 9.17) is 0 Å². The van der Waals surface area contributed by atoms with Gasteiger partial charge in [0.05, 0.1) is 0 Å². The van der Waals surface area contributed by atoms with Gasteiger partial charge in [-0.15, -0.1) is 0 Å². The van der Waals surface area contributed by atoms with E-state index in [1.807, 2.05) is 17.8 Å². The van der Waals surface area contributed by atoms with Gasteiger partial charge in [0.2, 0.25) is 0 Å². The summed E-state index contributed by atoms with van der Waals surface area (Å²) in [6.07, 6.45) is 6.45. The second-order valence-corrected chi connectivity index (χ2v) is 7.46. The van der Waals surface area contributed by atoms with Crippen LogP contribution in [0.5, 0.6) is 0 Å². The molecule has 1 saturated carbocycles. The van der Waals surface area contributed by atoms with E-state index in [1.54, 1.807) is 0 Å². The Morgan fingerprint density at radius 1 is 1.48 bits per heavy atom. The van der Waals surface area contributed by atoms with Crippen molar-refractivity contribution in [3.8, 4) is 0 Å². The van der Waals surface area contributed by atoms with E-state index in [2.05, 4.69) is 17.2 Å². The van der Waals surface area contributed by atoms with Gasteiger partial charge in [-0.3, -0.25) is 0 Å². The molecular formula is C16H22N2O2S. The van der Waals surface area contributed by atoms with Crippen LogP contribution in [-0.4, -0.2) is 33.1 Å². The number of nitrogens with zero attached hydrogens (tertiary/aromatic N) is 1. The molecule has 0 saturated heterocycles. The predicted octanol–water partition coefficient (Wildman–Crippen LogP) is 3.35. The van der Waals surface area contributed by atoms with Gasteiger partial charge in [-0.2, -0.15) is 11.8 Å². The van der Waals surface area contributed by atoms with Crippen molar-refractivity contribution < 1.29 is 9.90 Å². The van der Waals surface area contributed by atoms with Crippen LogP contribution >= 0.6 is 11.8 Å². The SMILES string of the molecule is CCSC1CCC(Nc2nc3c(cc2C(=O)O)CCC3)C1. The minimum atomic E-state index is -0.878. The quantitative estimate of drug-likeness (QED) is 0.873. The molecule has 1 aromatic rings. The van der Waals surface area contributed by atoms with Crippen molar-refractivity contribution in [1.29, 1.82) is 0 Å². The molecule has 2 N–H and O–H groups in total. The first-order valence-corrected chi connectivity index (χ1v) is 8.86.